The van der Waals surface area contributed by atoms with E-state index in [2.05, 4.69) is 20.8 Å². The maximum Gasteiger partial charge on any atom is 0.280 e. The molecule has 0 heterocycles. The van der Waals surface area contributed by atoms with Gasteiger partial charge in [0, 0.05) is 0 Å². The molecule has 0 aromatic heterocycles. The first-order valence-corrected chi connectivity index (χ1v) is 9.68. The van der Waals surface area contributed by atoms with Crippen LogP contribution in [0.5, 0.6) is 0 Å². The molecule has 5 heteroatoms. The van der Waals surface area contributed by atoms with Gasteiger partial charge in [-0.05, 0) is 73.0 Å². The van der Waals surface area contributed by atoms with E-state index in [0.717, 1.165) is 5.92 Å². The normalized spacial score (nSPS) is 48.3. The summed E-state index contributed by atoms with van der Waals surface area (Å²) in [5.74, 6) is 1.04. The summed E-state index contributed by atoms with van der Waals surface area (Å²) in [6.45, 7) is 6.98. The lowest BCUT2D eigenvalue weighted by Gasteiger charge is -2.67. The molecule has 0 amide bonds. The fourth-order valence-corrected chi connectivity index (χ4v) is 7.34. The van der Waals surface area contributed by atoms with Gasteiger partial charge in [0.1, 0.15) is 5.37 Å². The van der Waals surface area contributed by atoms with Crippen molar-refractivity contribution >= 4 is 10.1 Å². The molecule has 3 N–H and O–H groups in total. The quantitative estimate of drug-likeness (QED) is 0.781. The van der Waals surface area contributed by atoms with Crippen LogP contribution in [0.25, 0.3) is 0 Å². The predicted molar refractivity (Wildman–Crippen MR) is 83.1 cm³/mol. The first kappa shape index (κ1) is 15.8. The highest BCUT2D eigenvalue weighted by Gasteiger charge is 2.61. The van der Waals surface area contributed by atoms with Crippen LogP contribution in [0.15, 0.2) is 0 Å². The van der Waals surface area contributed by atoms with Crippen LogP contribution in [0.2, 0.25) is 0 Å². The summed E-state index contributed by atoms with van der Waals surface area (Å²) in [7, 11) is -4.12. The summed E-state index contributed by atoms with van der Waals surface area (Å²) in [6, 6.07) is 0. The summed E-state index contributed by atoms with van der Waals surface area (Å²) in [4.78, 5) is 0. The van der Waals surface area contributed by atoms with E-state index >= 15 is 0 Å². The molecular weight excluding hydrogens is 286 g/mol. The summed E-state index contributed by atoms with van der Waals surface area (Å²) < 4.78 is 31.7. The lowest BCUT2D eigenvalue weighted by molar-refractivity contribution is -0.165. The maximum atomic E-state index is 11.3. The molecule has 4 fully saturated rings. The molecule has 0 saturated heterocycles. The van der Waals surface area contributed by atoms with E-state index < -0.39 is 15.5 Å². The highest BCUT2D eigenvalue weighted by atomic mass is 32.2. The Kier molecular flexibility index (Phi) is 3.34. The minimum atomic E-state index is -4.12. The first-order chi connectivity index (χ1) is 9.46. The maximum absolute atomic E-state index is 11.3. The Morgan fingerprint density at radius 3 is 2.10 bits per heavy atom. The van der Waals surface area contributed by atoms with Crippen LogP contribution in [-0.4, -0.2) is 18.3 Å². The van der Waals surface area contributed by atoms with Gasteiger partial charge in [-0.2, -0.15) is 8.42 Å². The molecule has 0 spiro atoms. The second kappa shape index (κ2) is 4.45. The molecule has 0 aromatic carbocycles. The van der Waals surface area contributed by atoms with Crippen molar-refractivity contribution in [3.8, 4) is 0 Å². The molecule has 4 rings (SSSR count). The van der Waals surface area contributed by atoms with Crippen molar-refractivity contribution in [2.24, 2.45) is 33.8 Å². The molecule has 0 aliphatic heterocycles. The van der Waals surface area contributed by atoms with Gasteiger partial charge in [-0.1, -0.05) is 20.8 Å². The van der Waals surface area contributed by atoms with E-state index in [1.165, 1.54) is 38.5 Å². The topological polar surface area (TPSA) is 80.4 Å². The van der Waals surface area contributed by atoms with E-state index in [0.29, 0.717) is 17.3 Å². The van der Waals surface area contributed by atoms with Crippen LogP contribution in [0.4, 0.5) is 0 Å². The van der Waals surface area contributed by atoms with Crippen LogP contribution < -0.4 is 5.73 Å². The molecule has 0 radical (unpaired) electrons. The first-order valence-electron chi connectivity index (χ1n) is 8.17. The third kappa shape index (κ3) is 2.66. The fourth-order valence-electron chi connectivity index (χ4n) is 6.81. The summed E-state index contributed by atoms with van der Waals surface area (Å²) >= 11 is 0. The highest BCUT2D eigenvalue weighted by molar-refractivity contribution is 7.86. The third-order valence-electron chi connectivity index (χ3n) is 6.68. The molecule has 21 heavy (non-hydrogen) atoms. The van der Waals surface area contributed by atoms with E-state index in [9.17, 15) is 8.42 Å². The number of hydrogen-bond donors (Lipinski definition) is 2. The average molecular weight is 315 g/mol. The zero-order valence-corrected chi connectivity index (χ0v) is 14.2. The minimum absolute atomic E-state index is 0.227. The van der Waals surface area contributed by atoms with Crippen molar-refractivity contribution < 1.29 is 13.0 Å². The molecule has 4 nitrogen and oxygen atoms in total. The standard InChI is InChI=1S/C16H29NO3S/c1-11(4-13(17)21(18,19)20)16-7-12-5-14(2,9-16)8-15(3,6-12)10-16/h11-13H,4-10,17H2,1-3H3,(H,18,19,20). The number of hydrogen-bond acceptors (Lipinski definition) is 3. The van der Waals surface area contributed by atoms with Crippen LogP contribution >= 0.6 is 0 Å². The van der Waals surface area contributed by atoms with Crippen molar-refractivity contribution in [3.63, 3.8) is 0 Å². The third-order valence-corrected chi connectivity index (χ3v) is 7.64. The minimum Gasteiger partial charge on any atom is -0.313 e. The molecule has 4 atom stereocenters. The lowest BCUT2D eigenvalue weighted by Crippen LogP contribution is -2.57. The van der Waals surface area contributed by atoms with Crippen LogP contribution in [0.3, 0.4) is 0 Å². The number of nitrogens with two attached hydrogens (primary N) is 1. The van der Waals surface area contributed by atoms with Crippen molar-refractivity contribution in [1.29, 1.82) is 0 Å². The van der Waals surface area contributed by atoms with Gasteiger partial charge < -0.3 is 5.73 Å². The van der Waals surface area contributed by atoms with Crippen LogP contribution in [0, 0.1) is 28.1 Å². The molecule has 4 aliphatic carbocycles. The van der Waals surface area contributed by atoms with Crippen molar-refractivity contribution in [2.45, 2.75) is 71.1 Å². The van der Waals surface area contributed by atoms with Gasteiger partial charge in [0.2, 0.25) is 0 Å². The van der Waals surface area contributed by atoms with Crippen LogP contribution in [-0.2, 0) is 10.1 Å². The summed E-state index contributed by atoms with van der Waals surface area (Å²) in [5, 5.41) is -1.14. The predicted octanol–water partition coefficient (Wildman–Crippen LogP) is 3.18. The monoisotopic (exact) mass is 315 g/mol. The molecule has 122 valence electrons. The van der Waals surface area contributed by atoms with Gasteiger partial charge in [-0.3, -0.25) is 4.55 Å². The van der Waals surface area contributed by atoms with Crippen molar-refractivity contribution in [2.75, 3.05) is 0 Å². The largest absolute Gasteiger partial charge is 0.313 e. The van der Waals surface area contributed by atoms with Gasteiger partial charge in [0.15, 0.2) is 0 Å². The van der Waals surface area contributed by atoms with E-state index in [-0.39, 0.29) is 11.3 Å². The van der Waals surface area contributed by atoms with Crippen molar-refractivity contribution in [1.82, 2.24) is 0 Å². The zero-order chi connectivity index (χ0) is 15.7. The molecule has 4 unspecified atom stereocenters. The Balaban J connectivity index is 1.84. The Hall–Kier alpha value is -0.130. The van der Waals surface area contributed by atoms with Gasteiger partial charge in [-0.25, -0.2) is 0 Å². The Morgan fingerprint density at radius 2 is 1.67 bits per heavy atom. The van der Waals surface area contributed by atoms with Gasteiger partial charge >= 0.3 is 0 Å². The van der Waals surface area contributed by atoms with Gasteiger partial charge in [0.25, 0.3) is 10.1 Å². The molecular formula is C16H29NO3S. The average Bonchev–Trinajstić information content (AvgIpc) is 2.21. The van der Waals surface area contributed by atoms with E-state index in [4.69, 9.17) is 10.3 Å². The highest BCUT2D eigenvalue weighted by Crippen LogP contribution is 2.71. The molecule has 0 aromatic rings. The summed E-state index contributed by atoms with van der Waals surface area (Å²) in [5.41, 5.74) is 6.77. The van der Waals surface area contributed by atoms with E-state index in [1.54, 1.807) is 0 Å². The Labute approximate surface area is 128 Å². The molecule has 4 bridgehead atoms. The SMILES string of the molecule is CC(CC(N)S(=O)(=O)O)C12CC3CC(C)(CC(C)(C3)C1)C2. The lowest BCUT2D eigenvalue weighted by atomic mass is 9.38. The van der Waals surface area contributed by atoms with E-state index in [1.807, 2.05) is 0 Å². The smallest absolute Gasteiger partial charge is 0.280 e. The molecule has 4 aliphatic rings. The Morgan fingerprint density at radius 1 is 1.14 bits per heavy atom. The summed E-state index contributed by atoms with van der Waals surface area (Å²) in [6.07, 6.45) is 7.98. The zero-order valence-electron chi connectivity index (χ0n) is 13.4. The van der Waals surface area contributed by atoms with Gasteiger partial charge in [-0.15, -0.1) is 0 Å². The second-order valence-electron chi connectivity index (χ2n) is 9.18. The second-order valence-corrected chi connectivity index (χ2v) is 10.8. The van der Waals surface area contributed by atoms with Crippen molar-refractivity contribution in [3.05, 3.63) is 0 Å². The number of rotatable bonds is 4. The fraction of sp³-hybridized carbons (Fsp3) is 1.00. The van der Waals surface area contributed by atoms with Crippen LogP contribution in [0.1, 0.15) is 65.7 Å². The molecule has 4 saturated carbocycles. The Bertz CT molecular complexity index is 526. The van der Waals surface area contributed by atoms with Gasteiger partial charge in [0.05, 0.1) is 0 Å².